The second-order valence-electron chi connectivity index (χ2n) is 10.5. The molecule has 0 atom stereocenters. The Balaban J connectivity index is 2.28. The Morgan fingerprint density at radius 1 is 0.909 bits per heavy atom. The molecule has 1 heterocycles. The molecule has 3 rings (SSSR count). The summed E-state index contributed by atoms with van der Waals surface area (Å²) in [6, 6.07) is 14.7. The average molecular weight is 473 g/mol. The number of hydrogen-bond acceptors (Lipinski definition) is 0. The molecule has 0 unspecified atom stereocenters. The van der Waals surface area contributed by atoms with E-state index in [2.05, 4.69) is 58.9 Å². The second kappa shape index (κ2) is 8.90. The molecule has 0 aliphatic rings. The summed E-state index contributed by atoms with van der Waals surface area (Å²) in [5.41, 5.74) is 4.07. The highest BCUT2D eigenvalue weighted by molar-refractivity contribution is 6.94. The monoisotopic (exact) mass is 472 g/mol. The molecule has 0 fully saturated rings. The second-order valence-corrected chi connectivity index (χ2v) is 16.1. The molecule has 5 heteroatoms. The zero-order valence-corrected chi connectivity index (χ0v) is 22.2. The first-order valence-corrected chi connectivity index (χ1v) is 14.3. The number of rotatable bonds is 5. The SMILES string of the molecule is CC[Si](CC)(c1ccc2c(-c3cc(CC(F)(F)F)cc(C)c3C)[n+](C)ccc2c1)C(C)(C)C. The Morgan fingerprint density at radius 3 is 2.09 bits per heavy atom. The van der Waals surface area contributed by atoms with Crippen LogP contribution in [0.15, 0.2) is 42.6 Å². The summed E-state index contributed by atoms with van der Waals surface area (Å²) in [6.45, 7) is 15.6. The molecular formula is C28H37F3NSi+. The fourth-order valence-electron chi connectivity index (χ4n) is 5.67. The predicted molar refractivity (Wildman–Crippen MR) is 136 cm³/mol. The molecule has 0 saturated carbocycles. The van der Waals surface area contributed by atoms with Crippen LogP contribution in [0.2, 0.25) is 17.1 Å². The Kier molecular flexibility index (Phi) is 6.87. The van der Waals surface area contributed by atoms with Crippen LogP contribution in [0.5, 0.6) is 0 Å². The minimum absolute atomic E-state index is 0.242. The zero-order chi connectivity index (χ0) is 24.8. The summed E-state index contributed by atoms with van der Waals surface area (Å²) in [6.07, 6.45) is -3.10. The van der Waals surface area contributed by atoms with E-state index in [1.807, 2.05) is 31.7 Å². The number of nitrogens with zero attached hydrogens (tertiary/aromatic N) is 1. The van der Waals surface area contributed by atoms with Crippen LogP contribution in [-0.4, -0.2) is 14.3 Å². The van der Waals surface area contributed by atoms with E-state index in [1.165, 1.54) is 17.3 Å². The van der Waals surface area contributed by atoms with Crippen molar-refractivity contribution in [2.24, 2.45) is 7.05 Å². The first-order chi connectivity index (χ1) is 15.2. The molecule has 0 spiro atoms. The summed E-state index contributed by atoms with van der Waals surface area (Å²) in [7, 11) is 0.236. The van der Waals surface area contributed by atoms with Crippen LogP contribution in [0.4, 0.5) is 13.2 Å². The number of pyridine rings is 1. The first kappa shape index (κ1) is 25.5. The smallest absolute Gasteiger partial charge is 0.200 e. The number of aryl methyl sites for hydroxylation is 2. The Labute approximate surface area is 197 Å². The number of fused-ring (bicyclic) bond motifs is 1. The Hall–Kier alpha value is -2.14. The van der Waals surface area contributed by atoms with Crippen molar-refractivity contribution in [3.8, 4) is 11.3 Å². The highest BCUT2D eigenvalue weighted by Gasteiger charge is 2.42. The fourth-order valence-corrected chi connectivity index (χ4v) is 10.8. The summed E-state index contributed by atoms with van der Waals surface area (Å²) >= 11 is 0. The van der Waals surface area contributed by atoms with Crippen molar-refractivity contribution in [2.75, 3.05) is 0 Å². The van der Waals surface area contributed by atoms with E-state index in [4.69, 9.17) is 0 Å². The molecule has 2 aromatic carbocycles. The molecule has 1 aromatic heterocycles. The molecule has 0 aliphatic heterocycles. The van der Waals surface area contributed by atoms with Gasteiger partial charge in [-0.05, 0) is 53.1 Å². The topological polar surface area (TPSA) is 3.88 Å². The molecule has 3 aromatic rings. The van der Waals surface area contributed by atoms with Gasteiger partial charge in [-0.2, -0.15) is 13.2 Å². The van der Waals surface area contributed by atoms with Crippen molar-refractivity contribution in [2.45, 2.75) is 78.2 Å². The average Bonchev–Trinajstić information content (AvgIpc) is 2.70. The molecular weight excluding hydrogens is 435 g/mol. The Morgan fingerprint density at radius 2 is 1.55 bits per heavy atom. The number of hydrogen-bond donors (Lipinski definition) is 0. The van der Waals surface area contributed by atoms with Gasteiger partial charge < -0.3 is 0 Å². The van der Waals surface area contributed by atoms with Crippen LogP contribution in [-0.2, 0) is 13.5 Å². The van der Waals surface area contributed by atoms with Crippen molar-refractivity contribution < 1.29 is 17.7 Å². The lowest BCUT2D eigenvalue weighted by molar-refractivity contribution is -0.659. The molecule has 0 N–H and O–H groups in total. The van der Waals surface area contributed by atoms with Gasteiger partial charge in [0, 0.05) is 6.07 Å². The highest BCUT2D eigenvalue weighted by atomic mass is 28.3. The number of halogens is 3. The number of alkyl halides is 3. The van der Waals surface area contributed by atoms with Gasteiger partial charge in [0.15, 0.2) is 6.20 Å². The standard InChI is InChI=1S/C28H37F3NSi/c1-9-33(10-2,27(5,6)7)23-11-12-24-22(17-23)13-14-32(8)26(24)25-16-21(18-28(29,30)31)15-19(3)20(25)4/h11-17H,9-10,18H2,1-8H3/q+1. The third kappa shape index (κ3) is 4.75. The first-order valence-electron chi connectivity index (χ1n) is 11.8. The van der Waals surface area contributed by atoms with E-state index < -0.39 is 20.7 Å². The summed E-state index contributed by atoms with van der Waals surface area (Å²) < 4.78 is 41.5. The van der Waals surface area contributed by atoms with Gasteiger partial charge in [0.05, 0.1) is 25.4 Å². The van der Waals surface area contributed by atoms with E-state index in [0.29, 0.717) is 5.56 Å². The van der Waals surface area contributed by atoms with Crippen LogP contribution in [0.25, 0.3) is 22.0 Å². The zero-order valence-electron chi connectivity index (χ0n) is 21.2. The predicted octanol–water partition coefficient (Wildman–Crippen LogP) is 7.55. The third-order valence-corrected chi connectivity index (χ3v) is 14.4. The Bertz CT molecular complexity index is 1170. The van der Waals surface area contributed by atoms with Crippen LogP contribution in [0, 0.1) is 13.8 Å². The molecule has 0 bridgehead atoms. The quantitative estimate of drug-likeness (QED) is 0.267. The van der Waals surface area contributed by atoms with E-state index >= 15 is 0 Å². The van der Waals surface area contributed by atoms with Crippen LogP contribution >= 0.6 is 0 Å². The van der Waals surface area contributed by atoms with Crippen molar-refractivity contribution in [1.82, 2.24) is 0 Å². The maximum absolute atomic E-state index is 13.2. The van der Waals surface area contributed by atoms with E-state index in [9.17, 15) is 13.2 Å². The molecule has 0 aliphatic carbocycles. The molecule has 178 valence electrons. The van der Waals surface area contributed by atoms with Gasteiger partial charge in [0.2, 0.25) is 5.69 Å². The summed E-state index contributed by atoms with van der Waals surface area (Å²) in [4.78, 5) is 0. The van der Waals surface area contributed by atoms with Gasteiger partial charge in [-0.15, -0.1) is 0 Å². The van der Waals surface area contributed by atoms with Crippen molar-refractivity contribution in [1.29, 1.82) is 0 Å². The number of aromatic nitrogens is 1. The third-order valence-electron chi connectivity index (χ3n) is 7.72. The highest BCUT2D eigenvalue weighted by Crippen LogP contribution is 2.42. The van der Waals surface area contributed by atoms with E-state index in [0.717, 1.165) is 33.2 Å². The maximum Gasteiger partial charge on any atom is 0.393 e. The molecule has 33 heavy (non-hydrogen) atoms. The lowest BCUT2D eigenvalue weighted by atomic mass is 9.93. The van der Waals surface area contributed by atoms with Gasteiger partial charge in [-0.3, -0.25) is 0 Å². The summed E-state index contributed by atoms with van der Waals surface area (Å²) in [5.74, 6) is 0. The van der Waals surface area contributed by atoms with Crippen molar-refractivity contribution >= 4 is 24.0 Å². The summed E-state index contributed by atoms with van der Waals surface area (Å²) in [5, 5.41) is 3.94. The van der Waals surface area contributed by atoms with Crippen LogP contribution < -0.4 is 9.75 Å². The van der Waals surface area contributed by atoms with E-state index in [-0.39, 0.29) is 5.04 Å². The van der Waals surface area contributed by atoms with E-state index in [1.54, 1.807) is 12.1 Å². The van der Waals surface area contributed by atoms with Gasteiger partial charge in [-0.1, -0.05) is 70.1 Å². The normalized spacial score (nSPS) is 13.1. The maximum atomic E-state index is 13.2. The van der Waals surface area contributed by atoms with Gasteiger partial charge in [0.1, 0.15) is 7.05 Å². The lowest BCUT2D eigenvalue weighted by Crippen LogP contribution is -2.53. The van der Waals surface area contributed by atoms with Crippen LogP contribution in [0.1, 0.15) is 51.3 Å². The minimum Gasteiger partial charge on any atom is -0.200 e. The molecule has 0 amide bonds. The minimum atomic E-state index is -4.23. The largest absolute Gasteiger partial charge is 0.393 e. The van der Waals surface area contributed by atoms with Crippen LogP contribution in [0.3, 0.4) is 0 Å². The molecule has 1 nitrogen and oxygen atoms in total. The van der Waals surface area contributed by atoms with Gasteiger partial charge >= 0.3 is 6.18 Å². The lowest BCUT2D eigenvalue weighted by Gasteiger charge is -2.42. The van der Waals surface area contributed by atoms with Crippen molar-refractivity contribution in [3.63, 3.8) is 0 Å². The number of benzene rings is 2. The molecule has 0 saturated heterocycles. The molecule has 0 radical (unpaired) electrons. The van der Waals surface area contributed by atoms with Gasteiger partial charge in [0.25, 0.3) is 0 Å². The van der Waals surface area contributed by atoms with Crippen molar-refractivity contribution in [3.05, 3.63) is 59.3 Å². The van der Waals surface area contributed by atoms with Gasteiger partial charge in [-0.25, -0.2) is 4.57 Å². The fraction of sp³-hybridized carbons (Fsp3) is 0.464.